The zero-order valence-electron chi connectivity index (χ0n) is 8.42. The first kappa shape index (κ1) is 9.20. The van der Waals surface area contributed by atoms with Gasteiger partial charge in [0.25, 0.3) is 0 Å². The van der Waals surface area contributed by atoms with Crippen LogP contribution in [0.1, 0.15) is 30.0 Å². The SMILES string of the molecule is CC(=O)Cc1cccc2c1C=CCC2. The predicted molar refractivity (Wildman–Crippen MR) is 58.2 cm³/mol. The molecule has 14 heavy (non-hydrogen) atoms. The number of carbonyl (C=O) groups is 1. The maximum atomic E-state index is 11.1. The third-order valence-corrected chi connectivity index (χ3v) is 2.59. The molecule has 0 unspecified atom stereocenters. The van der Waals surface area contributed by atoms with E-state index in [1.165, 1.54) is 16.7 Å². The largest absolute Gasteiger partial charge is 0.300 e. The standard InChI is InChI=1S/C13H14O/c1-10(14)9-12-7-4-6-11-5-2-3-8-13(11)12/h3-4,6-8H,2,5,9H2,1H3. The summed E-state index contributed by atoms with van der Waals surface area (Å²) in [6, 6.07) is 6.26. The van der Waals surface area contributed by atoms with E-state index >= 15 is 0 Å². The van der Waals surface area contributed by atoms with Crippen LogP contribution >= 0.6 is 0 Å². The van der Waals surface area contributed by atoms with Gasteiger partial charge in [-0.05, 0) is 36.5 Å². The zero-order chi connectivity index (χ0) is 9.97. The van der Waals surface area contributed by atoms with Crippen LogP contribution in [-0.4, -0.2) is 5.78 Å². The quantitative estimate of drug-likeness (QED) is 0.694. The van der Waals surface area contributed by atoms with E-state index < -0.39 is 0 Å². The van der Waals surface area contributed by atoms with Crippen molar-refractivity contribution in [1.29, 1.82) is 0 Å². The van der Waals surface area contributed by atoms with Crippen LogP contribution in [-0.2, 0) is 17.6 Å². The molecule has 0 atom stereocenters. The molecule has 0 N–H and O–H groups in total. The molecule has 0 fully saturated rings. The monoisotopic (exact) mass is 186 g/mol. The second-order valence-electron chi connectivity index (χ2n) is 3.81. The second-order valence-corrected chi connectivity index (χ2v) is 3.81. The van der Waals surface area contributed by atoms with Gasteiger partial charge in [-0.1, -0.05) is 30.4 Å². The summed E-state index contributed by atoms with van der Waals surface area (Å²) in [7, 11) is 0. The van der Waals surface area contributed by atoms with Gasteiger partial charge in [-0.15, -0.1) is 0 Å². The molecular formula is C13H14O. The number of allylic oxidation sites excluding steroid dienone is 1. The second kappa shape index (κ2) is 3.79. The van der Waals surface area contributed by atoms with E-state index in [2.05, 4.69) is 30.4 Å². The van der Waals surface area contributed by atoms with Gasteiger partial charge in [0, 0.05) is 6.42 Å². The smallest absolute Gasteiger partial charge is 0.134 e. The van der Waals surface area contributed by atoms with Crippen molar-refractivity contribution in [2.75, 3.05) is 0 Å². The molecule has 1 aliphatic rings. The maximum Gasteiger partial charge on any atom is 0.134 e. The van der Waals surface area contributed by atoms with Gasteiger partial charge in [0.1, 0.15) is 5.78 Å². The fourth-order valence-electron chi connectivity index (χ4n) is 1.96. The molecule has 0 saturated carbocycles. The van der Waals surface area contributed by atoms with E-state index in [4.69, 9.17) is 0 Å². The summed E-state index contributed by atoms with van der Waals surface area (Å²) in [4.78, 5) is 11.1. The Morgan fingerprint density at radius 1 is 1.43 bits per heavy atom. The van der Waals surface area contributed by atoms with Gasteiger partial charge < -0.3 is 0 Å². The summed E-state index contributed by atoms with van der Waals surface area (Å²) in [5.74, 6) is 0.234. The lowest BCUT2D eigenvalue weighted by Crippen LogP contribution is -2.03. The number of rotatable bonds is 2. The van der Waals surface area contributed by atoms with Gasteiger partial charge in [-0.3, -0.25) is 4.79 Å². The van der Waals surface area contributed by atoms with E-state index in [-0.39, 0.29) is 5.78 Å². The van der Waals surface area contributed by atoms with Crippen LogP contribution in [0.5, 0.6) is 0 Å². The van der Waals surface area contributed by atoms with Gasteiger partial charge >= 0.3 is 0 Å². The zero-order valence-corrected chi connectivity index (χ0v) is 8.42. The topological polar surface area (TPSA) is 17.1 Å². The Bertz CT molecular complexity index is 388. The minimum atomic E-state index is 0.234. The molecule has 0 saturated heterocycles. The van der Waals surface area contributed by atoms with Gasteiger partial charge in [0.2, 0.25) is 0 Å². The fraction of sp³-hybridized carbons (Fsp3) is 0.308. The van der Waals surface area contributed by atoms with Crippen LogP contribution in [0.15, 0.2) is 24.3 Å². The van der Waals surface area contributed by atoms with Crippen molar-refractivity contribution in [1.82, 2.24) is 0 Å². The molecule has 0 spiro atoms. The summed E-state index contributed by atoms with van der Waals surface area (Å²) in [6.07, 6.45) is 7.13. The molecule has 0 aromatic heterocycles. The highest BCUT2D eigenvalue weighted by molar-refractivity contribution is 5.80. The third kappa shape index (κ3) is 1.77. The van der Waals surface area contributed by atoms with E-state index in [0.717, 1.165) is 12.8 Å². The molecule has 1 aliphatic carbocycles. The maximum absolute atomic E-state index is 11.1. The Morgan fingerprint density at radius 3 is 3.07 bits per heavy atom. The molecule has 0 heterocycles. The van der Waals surface area contributed by atoms with Gasteiger partial charge in [-0.2, -0.15) is 0 Å². The van der Waals surface area contributed by atoms with Crippen molar-refractivity contribution >= 4 is 11.9 Å². The van der Waals surface area contributed by atoms with Crippen molar-refractivity contribution in [3.8, 4) is 0 Å². The minimum absolute atomic E-state index is 0.234. The van der Waals surface area contributed by atoms with E-state index in [0.29, 0.717) is 6.42 Å². The Hall–Kier alpha value is -1.37. The third-order valence-electron chi connectivity index (χ3n) is 2.59. The fourth-order valence-corrected chi connectivity index (χ4v) is 1.96. The molecule has 1 heteroatoms. The highest BCUT2D eigenvalue weighted by Crippen LogP contribution is 2.23. The van der Waals surface area contributed by atoms with Crippen LogP contribution in [0, 0.1) is 0 Å². The Balaban J connectivity index is 2.42. The number of fused-ring (bicyclic) bond motifs is 1. The number of hydrogen-bond donors (Lipinski definition) is 0. The molecular weight excluding hydrogens is 172 g/mol. The van der Waals surface area contributed by atoms with Crippen molar-refractivity contribution in [2.24, 2.45) is 0 Å². The first-order chi connectivity index (χ1) is 6.77. The number of Topliss-reactive ketones (excluding diaryl/α,β-unsaturated/α-hetero) is 1. The summed E-state index contributed by atoms with van der Waals surface area (Å²) in [6.45, 7) is 1.64. The molecule has 2 rings (SSSR count). The highest BCUT2D eigenvalue weighted by Gasteiger charge is 2.09. The Kier molecular flexibility index (Phi) is 2.49. The highest BCUT2D eigenvalue weighted by atomic mass is 16.1. The van der Waals surface area contributed by atoms with Crippen molar-refractivity contribution < 1.29 is 4.79 Å². The first-order valence-electron chi connectivity index (χ1n) is 5.04. The van der Waals surface area contributed by atoms with Crippen molar-refractivity contribution in [3.05, 3.63) is 41.0 Å². The molecule has 72 valence electrons. The van der Waals surface area contributed by atoms with Crippen molar-refractivity contribution in [2.45, 2.75) is 26.2 Å². The van der Waals surface area contributed by atoms with Crippen LogP contribution in [0.25, 0.3) is 6.08 Å². The van der Waals surface area contributed by atoms with Crippen LogP contribution in [0.2, 0.25) is 0 Å². The van der Waals surface area contributed by atoms with Crippen LogP contribution < -0.4 is 0 Å². The lowest BCUT2D eigenvalue weighted by molar-refractivity contribution is -0.116. The molecule has 0 bridgehead atoms. The normalized spacial score (nSPS) is 13.8. The van der Waals surface area contributed by atoms with Crippen molar-refractivity contribution in [3.63, 3.8) is 0 Å². The van der Waals surface area contributed by atoms with Crippen LogP contribution in [0.3, 0.4) is 0 Å². The van der Waals surface area contributed by atoms with Gasteiger partial charge in [-0.25, -0.2) is 0 Å². The number of benzene rings is 1. The lowest BCUT2D eigenvalue weighted by atomic mass is 9.91. The number of carbonyl (C=O) groups excluding carboxylic acids is 1. The molecule has 1 aromatic rings. The average Bonchev–Trinajstić information content (AvgIpc) is 2.18. The number of hydrogen-bond acceptors (Lipinski definition) is 1. The number of aryl methyl sites for hydroxylation is 1. The van der Waals surface area contributed by atoms with E-state index in [9.17, 15) is 4.79 Å². The van der Waals surface area contributed by atoms with E-state index in [1.807, 2.05) is 0 Å². The Morgan fingerprint density at radius 2 is 2.29 bits per heavy atom. The summed E-state index contributed by atoms with van der Waals surface area (Å²) >= 11 is 0. The molecule has 1 nitrogen and oxygen atoms in total. The molecule has 1 aromatic carbocycles. The first-order valence-corrected chi connectivity index (χ1v) is 5.04. The average molecular weight is 186 g/mol. The van der Waals surface area contributed by atoms with Crippen LogP contribution in [0.4, 0.5) is 0 Å². The van der Waals surface area contributed by atoms with Gasteiger partial charge in [0.05, 0.1) is 0 Å². The molecule has 0 radical (unpaired) electrons. The Labute approximate surface area is 84.5 Å². The lowest BCUT2D eigenvalue weighted by Gasteiger charge is -2.13. The molecule has 0 aliphatic heterocycles. The van der Waals surface area contributed by atoms with E-state index in [1.54, 1.807) is 6.92 Å². The predicted octanol–water partition coefficient (Wildman–Crippen LogP) is 2.78. The van der Waals surface area contributed by atoms with Gasteiger partial charge in [0.15, 0.2) is 0 Å². The minimum Gasteiger partial charge on any atom is -0.300 e. The summed E-state index contributed by atoms with van der Waals surface area (Å²) in [5.41, 5.74) is 3.83. The molecule has 0 amide bonds. The number of ketones is 1. The summed E-state index contributed by atoms with van der Waals surface area (Å²) < 4.78 is 0. The summed E-state index contributed by atoms with van der Waals surface area (Å²) in [5, 5.41) is 0.